The molecule has 0 radical (unpaired) electrons. The van der Waals surface area contributed by atoms with Gasteiger partial charge in [-0.15, -0.1) is 0 Å². The average molecular weight is 279 g/mol. The minimum absolute atomic E-state index is 0.643. The number of nitrogen functional groups attached to an aromatic ring is 1. The number of nitrogens with two attached hydrogens (primary N) is 1. The predicted octanol–water partition coefficient (Wildman–Crippen LogP) is 4.11. The van der Waals surface area contributed by atoms with E-state index < -0.39 is 0 Å². The van der Waals surface area contributed by atoms with Crippen molar-refractivity contribution >= 4 is 16.5 Å². The van der Waals surface area contributed by atoms with Crippen molar-refractivity contribution in [1.82, 2.24) is 0 Å². The monoisotopic (exact) mass is 279 g/mol. The van der Waals surface area contributed by atoms with E-state index in [4.69, 9.17) is 15.2 Å². The molecule has 0 saturated heterocycles. The van der Waals surface area contributed by atoms with Crippen LogP contribution in [0.3, 0.4) is 0 Å². The number of fused-ring (bicyclic) bond motifs is 1. The van der Waals surface area contributed by atoms with Crippen LogP contribution < -0.4 is 15.2 Å². The molecule has 106 valence electrons. The zero-order valence-electron chi connectivity index (χ0n) is 12.1. The standard InChI is InChI=1S/C18H17NO2/c1-20-16-7-5-13-9-12(3-4-14(13)10-16)15-6-8-18(21-2)17(19)11-15/h3-11H,19H2,1-2H3. The predicted molar refractivity (Wildman–Crippen MR) is 86.9 cm³/mol. The lowest BCUT2D eigenvalue weighted by atomic mass is 10.0. The van der Waals surface area contributed by atoms with Gasteiger partial charge in [-0.3, -0.25) is 0 Å². The molecule has 0 bridgehead atoms. The maximum atomic E-state index is 5.98. The Hall–Kier alpha value is -2.68. The van der Waals surface area contributed by atoms with Crippen LogP contribution in [0, 0.1) is 0 Å². The molecule has 3 heteroatoms. The zero-order valence-corrected chi connectivity index (χ0v) is 12.1. The van der Waals surface area contributed by atoms with Crippen LogP contribution in [0.5, 0.6) is 11.5 Å². The number of benzene rings is 3. The van der Waals surface area contributed by atoms with Gasteiger partial charge in [0, 0.05) is 0 Å². The Bertz CT molecular complexity index is 796. The maximum absolute atomic E-state index is 5.98. The van der Waals surface area contributed by atoms with Gasteiger partial charge in [0.25, 0.3) is 0 Å². The van der Waals surface area contributed by atoms with Gasteiger partial charge in [-0.05, 0) is 52.2 Å². The lowest BCUT2D eigenvalue weighted by Gasteiger charge is -2.09. The summed E-state index contributed by atoms with van der Waals surface area (Å²) in [4.78, 5) is 0. The normalized spacial score (nSPS) is 10.6. The topological polar surface area (TPSA) is 44.5 Å². The van der Waals surface area contributed by atoms with E-state index in [1.54, 1.807) is 14.2 Å². The average Bonchev–Trinajstić information content (AvgIpc) is 2.53. The first-order valence-electron chi connectivity index (χ1n) is 6.73. The molecule has 3 aromatic rings. The van der Waals surface area contributed by atoms with Gasteiger partial charge in [0.05, 0.1) is 19.9 Å². The van der Waals surface area contributed by atoms with Gasteiger partial charge >= 0.3 is 0 Å². The van der Waals surface area contributed by atoms with Crippen molar-refractivity contribution in [2.45, 2.75) is 0 Å². The first-order valence-corrected chi connectivity index (χ1v) is 6.73. The first-order chi connectivity index (χ1) is 10.2. The molecule has 21 heavy (non-hydrogen) atoms. The number of rotatable bonds is 3. The Morgan fingerprint density at radius 2 is 1.38 bits per heavy atom. The molecule has 0 aliphatic heterocycles. The summed E-state index contributed by atoms with van der Waals surface area (Å²) in [5, 5.41) is 2.32. The molecule has 0 saturated carbocycles. The van der Waals surface area contributed by atoms with E-state index in [2.05, 4.69) is 24.3 Å². The molecule has 3 rings (SSSR count). The van der Waals surface area contributed by atoms with Gasteiger partial charge in [-0.1, -0.05) is 24.3 Å². The van der Waals surface area contributed by atoms with Crippen molar-refractivity contribution in [3.05, 3.63) is 54.6 Å². The second kappa shape index (κ2) is 5.37. The molecular weight excluding hydrogens is 262 g/mol. The Balaban J connectivity index is 2.06. The summed E-state index contributed by atoms with van der Waals surface area (Å²) in [6.45, 7) is 0. The SMILES string of the molecule is COc1ccc2cc(-c3ccc(OC)c(N)c3)ccc2c1. The van der Waals surface area contributed by atoms with Crippen LogP contribution in [-0.4, -0.2) is 14.2 Å². The van der Waals surface area contributed by atoms with Crippen LogP contribution in [0.15, 0.2) is 54.6 Å². The van der Waals surface area contributed by atoms with Gasteiger partial charge < -0.3 is 15.2 Å². The fourth-order valence-electron chi connectivity index (χ4n) is 2.44. The highest BCUT2D eigenvalue weighted by molar-refractivity contribution is 5.88. The Kier molecular flexibility index (Phi) is 3.40. The molecule has 0 spiro atoms. The van der Waals surface area contributed by atoms with Crippen LogP contribution in [0.25, 0.3) is 21.9 Å². The molecule has 0 atom stereocenters. The van der Waals surface area contributed by atoms with E-state index in [1.165, 1.54) is 5.39 Å². The van der Waals surface area contributed by atoms with Gasteiger partial charge in [-0.2, -0.15) is 0 Å². The molecule has 0 aliphatic carbocycles. The smallest absolute Gasteiger partial charge is 0.141 e. The van der Waals surface area contributed by atoms with Gasteiger partial charge in [0.15, 0.2) is 0 Å². The molecule has 3 aromatic carbocycles. The molecule has 0 amide bonds. The van der Waals surface area contributed by atoms with Crippen LogP contribution in [0.2, 0.25) is 0 Å². The quantitative estimate of drug-likeness (QED) is 0.734. The molecule has 0 fully saturated rings. The van der Waals surface area contributed by atoms with Crippen LogP contribution in [0.4, 0.5) is 5.69 Å². The summed E-state index contributed by atoms with van der Waals surface area (Å²) in [6, 6.07) is 18.2. The fourth-order valence-corrected chi connectivity index (χ4v) is 2.44. The molecule has 0 unspecified atom stereocenters. The van der Waals surface area contributed by atoms with Crippen molar-refractivity contribution in [2.24, 2.45) is 0 Å². The highest BCUT2D eigenvalue weighted by Gasteiger charge is 2.04. The van der Waals surface area contributed by atoms with Crippen molar-refractivity contribution in [1.29, 1.82) is 0 Å². The Morgan fingerprint density at radius 1 is 0.714 bits per heavy atom. The van der Waals surface area contributed by atoms with Crippen molar-refractivity contribution in [3.8, 4) is 22.6 Å². The lowest BCUT2D eigenvalue weighted by molar-refractivity contribution is 0.415. The largest absolute Gasteiger partial charge is 0.497 e. The van der Waals surface area contributed by atoms with Crippen molar-refractivity contribution < 1.29 is 9.47 Å². The summed E-state index contributed by atoms with van der Waals surface area (Å²) in [6.07, 6.45) is 0. The Morgan fingerprint density at radius 3 is 2.10 bits per heavy atom. The van der Waals surface area contributed by atoms with E-state index in [0.29, 0.717) is 11.4 Å². The van der Waals surface area contributed by atoms with Crippen molar-refractivity contribution in [2.75, 3.05) is 20.0 Å². The summed E-state index contributed by atoms with van der Waals surface area (Å²) in [5.41, 5.74) is 8.82. The third kappa shape index (κ3) is 2.50. The Labute approximate surface area is 123 Å². The molecule has 2 N–H and O–H groups in total. The third-order valence-electron chi connectivity index (χ3n) is 3.61. The van der Waals surface area contributed by atoms with Crippen LogP contribution in [0.1, 0.15) is 0 Å². The number of hydrogen-bond donors (Lipinski definition) is 1. The molecule has 3 nitrogen and oxygen atoms in total. The van der Waals surface area contributed by atoms with E-state index in [9.17, 15) is 0 Å². The molecular formula is C18H17NO2. The number of ether oxygens (including phenoxy) is 2. The van der Waals surface area contributed by atoms with Gasteiger partial charge in [0.1, 0.15) is 11.5 Å². The van der Waals surface area contributed by atoms with Crippen molar-refractivity contribution in [3.63, 3.8) is 0 Å². The summed E-state index contributed by atoms with van der Waals surface area (Å²) < 4.78 is 10.4. The number of methoxy groups -OCH3 is 2. The second-order valence-corrected chi connectivity index (χ2v) is 4.88. The zero-order chi connectivity index (χ0) is 14.8. The van der Waals surface area contributed by atoms with E-state index in [1.807, 2.05) is 30.3 Å². The van der Waals surface area contributed by atoms with E-state index >= 15 is 0 Å². The van der Waals surface area contributed by atoms with Crippen LogP contribution >= 0.6 is 0 Å². The summed E-state index contributed by atoms with van der Waals surface area (Å²) in [5.74, 6) is 1.56. The molecule has 0 aliphatic rings. The van der Waals surface area contributed by atoms with E-state index in [0.717, 1.165) is 22.3 Å². The minimum atomic E-state index is 0.643. The highest BCUT2D eigenvalue weighted by atomic mass is 16.5. The van der Waals surface area contributed by atoms with Gasteiger partial charge in [0.2, 0.25) is 0 Å². The van der Waals surface area contributed by atoms with Crippen LogP contribution in [-0.2, 0) is 0 Å². The van der Waals surface area contributed by atoms with Gasteiger partial charge in [-0.25, -0.2) is 0 Å². The number of anilines is 1. The molecule has 0 heterocycles. The molecule has 0 aromatic heterocycles. The first kappa shape index (κ1) is 13.3. The minimum Gasteiger partial charge on any atom is -0.497 e. The highest BCUT2D eigenvalue weighted by Crippen LogP contribution is 2.31. The number of hydrogen-bond acceptors (Lipinski definition) is 3. The maximum Gasteiger partial charge on any atom is 0.141 e. The third-order valence-corrected chi connectivity index (χ3v) is 3.61. The summed E-state index contributed by atoms with van der Waals surface area (Å²) >= 11 is 0. The van der Waals surface area contributed by atoms with E-state index in [-0.39, 0.29) is 0 Å². The second-order valence-electron chi connectivity index (χ2n) is 4.88. The fraction of sp³-hybridized carbons (Fsp3) is 0.111. The lowest BCUT2D eigenvalue weighted by Crippen LogP contribution is -1.92. The summed E-state index contributed by atoms with van der Waals surface area (Å²) in [7, 11) is 3.30.